The molecule has 0 aromatic heterocycles. The maximum absolute atomic E-state index is 12.4. The van der Waals surface area contributed by atoms with Gasteiger partial charge in [-0.05, 0) is 37.5 Å². The molecule has 1 saturated heterocycles. The van der Waals surface area contributed by atoms with Crippen LogP contribution in [0.4, 0.5) is 5.69 Å². The molecule has 0 aliphatic carbocycles. The summed E-state index contributed by atoms with van der Waals surface area (Å²) in [6.07, 6.45) is 2.95. The van der Waals surface area contributed by atoms with Gasteiger partial charge in [-0.25, -0.2) is 10.1 Å². The average Bonchev–Trinajstić information content (AvgIpc) is 3.11. The van der Waals surface area contributed by atoms with Gasteiger partial charge in [0, 0.05) is 41.3 Å². The predicted octanol–water partition coefficient (Wildman–Crippen LogP) is 1.44. The second kappa shape index (κ2) is 12.3. The minimum absolute atomic E-state index is 0.0862. The first-order chi connectivity index (χ1) is 14.7. The van der Waals surface area contributed by atoms with Crippen molar-refractivity contribution >= 4 is 46.7 Å². The Kier molecular flexibility index (Phi) is 9.76. The lowest BCUT2D eigenvalue weighted by Gasteiger charge is -2.13. The summed E-state index contributed by atoms with van der Waals surface area (Å²) in [6.45, 7) is 0.936. The number of hydrazone groups is 1. The van der Waals surface area contributed by atoms with Gasteiger partial charge in [-0.1, -0.05) is 29.6 Å². The molecule has 1 aliphatic heterocycles. The van der Waals surface area contributed by atoms with Crippen molar-refractivity contribution < 1.29 is 14.6 Å². The topological polar surface area (TPSA) is 164 Å². The molecule has 1 aliphatic rings. The van der Waals surface area contributed by atoms with Crippen LogP contribution in [0.1, 0.15) is 32.1 Å². The molecule has 1 aromatic carbocycles. The van der Waals surface area contributed by atoms with Gasteiger partial charge in [0.1, 0.15) is 5.10 Å². The number of anilines is 1. The van der Waals surface area contributed by atoms with E-state index in [-0.39, 0.29) is 23.8 Å². The van der Waals surface area contributed by atoms with Gasteiger partial charge >= 0.3 is 0 Å². The number of amides is 2. The van der Waals surface area contributed by atoms with Gasteiger partial charge in [-0.2, -0.15) is 0 Å². The zero-order chi connectivity index (χ0) is 22.8. The van der Waals surface area contributed by atoms with E-state index in [0.717, 1.165) is 6.42 Å². The number of hydrogen-bond donors (Lipinski definition) is 5. The smallest absolute Gasteiger partial charge is 0.266 e. The molecule has 1 heterocycles. The lowest BCUT2D eigenvalue weighted by molar-refractivity contribution is -0.485. The Morgan fingerprint density at radius 3 is 2.61 bits per heavy atom. The van der Waals surface area contributed by atoms with E-state index >= 15 is 0 Å². The Morgan fingerprint density at radius 1 is 1.23 bits per heavy atom. The molecule has 1 aromatic rings. The van der Waals surface area contributed by atoms with Crippen molar-refractivity contribution in [3.05, 3.63) is 38.4 Å². The fourth-order valence-corrected chi connectivity index (χ4v) is 3.65. The Hall–Kier alpha value is -2.63. The highest BCUT2D eigenvalue weighted by Crippen LogP contribution is 2.23. The van der Waals surface area contributed by atoms with Crippen molar-refractivity contribution in [1.29, 1.82) is 0 Å². The first-order valence-electron chi connectivity index (χ1n) is 9.75. The highest BCUT2D eigenvalue weighted by molar-refractivity contribution is 6.35. The molecule has 0 bridgehead atoms. The van der Waals surface area contributed by atoms with Crippen LogP contribution in [0.5, 0.6) is 0 Å². The predicted molar refractivity (Wildman–Crippen MR) is 119 cm³/mol. The van der Waals surface area contributed by atoms with E-state index in [1.165, 1.54) is 0 Å². The van der Waals surface area contributed by atoms with Crippen molar-refractivity contribution in [2.24, 2.45) is 10.8 Å². The largest absolute Gasteiger partial charge is 0.365 e. The minimum atomic E-state index is -0.869. The van der Waals surface area contributed by atoms with E-state index in [4.69, 9.17) is 28.9 Å². The molecule has 11 nitrogen and oxygen atoms in total. The quantitative estimate of drug-likeness (QED) is 0.113. The third-order valence-corrected chi connectivity index (χ3v) is 4.96. The lowest BCUT2D eigenvalue weighted by atomic mass is 10.1. The summed E-state index contributed by atoms with van der Waals surface area (Å²) in [5, 5.41) is 24.5. The second-order valence-corrected chi connectivity index (χ2v) is 7.94. The zero-order valence-electron chi connectivity index (χ0n) is 16.7. The molecule has 2 rings (SSSR count). The van der Waals surface area contributed by atoms with Crippen LogP contribution in [0.3, 0.4) is 0 Å². The normalized spacial score (nSPS) is 18.5. The van der Waals surface area contributed by atoms with Gasteiger partial charge in [0.2, 0.25) is 11.8 Å². The molecule has 0 spiro atoms. The number of nitrogens with one attached hydrogen (secondary N) is 4. The fraction of sp³-hybridized carbons (Fsp3) is 0.500. The summed E-state index contributed by atoms with van der Waals surface area (Å²) in [6, 6.07) is 4.23. The Labute approximate surface area is 189 Å². The van der Waals surface area contributed by atoms with Crippen LogP contribution in [0.25, 0.3) is 0 Å². The number of guanidine groups is 1. The van der Waals surface area contributed by atoms with E-state index in [2.05, 4.69) is 26.4 Å². The average molecular weight is 474 g/mol. The summed E-state index contributed by atoms with van der Waals surface area (Å²) in [5.74, 6) is -0.548. The highest BCUT2D eigenvalue weighted by Gasteiger charge is 2.30. The van der Waals surface area contributed by atoms with Crippen molar-refractivity contribution in [2.75, 3.05) is 18.4 Å². The number of rotatable bonds is 10. The van der Waals surface area contributed by atoms with E-state index in [1.54, 1.807) is 18.2 Å². The molecule has 2 atom stereocenters. The fourth-order valence-electron chi connectivity index (χ4n) is 3.13. The summed E-state index contributed by atoms with van der Waals surface area (Å²) < 4.78 is 0. The number of nitro groups is 1. The number of unbranched alkanes of at least 4 members (excludes halogenated alkanes) is 2. The van der Waals surface area contributed by atoms with Gasteiger partial charge in [0.05, 0.1) is 6.04 Å². The monoisotopic (exact) mass is 473 g/mol. The Bertz CT molecular complexity index is 817. The number of carbonyl (C=O) groups excluding carboxylic acids is 2. The molecule has 2 unspecified atom stereocenters. The summed E-state index contributed by atoms with van der Waals surface area (Å²) >= 11 is 11.9. The van der Waals surface area contributed by atoms with Gasteiger partial charge in [-0.3, -0.25) is 9.59 Å². The van der Waals surface area contributed by atoms with Gasteiger partial charge in [-0.15, -0.1) is 0 Å². The molecule has 0 saturated carbocycles. The second-order valence-electron chi connectivity index (χ2n) is 7.07. The molecule has 0 radical (unpaired) electrons. The first kappa shape index (κ1) is 24.6. The van der Waals surface area contributed by atoms with E-state index < -0.39 is 11.1 Å². The Morgan fingerprint density at radius 2 is 1.94 bits per heavy atom. The van der Waals surface area contributed by atoms with Crippen molar-refractivity contribution in [2.45, 2.75) is 44.2 Å². The van der Waals surface area contributed by atoms with E-state index in [0.29, 0.717) is 54.5 Å². The van der Waals surface area contributed by atoms with E-state index in [9.17, 15) is 19.7 Å². The summed E-state index contributed by atoms with van der Waals surface area (Å²) in [7, 11) is 0. The standard InChI is InChI=1S/C18H25Cl2N7O4/c19-11-6-12(20)8-13(7-11)25-17(29)15-9-14(10-23-15)24-16(28)4-2-1-3-5-22-18(21)26-27(30)31/h6-8,14-15,23H,1-5,9-10H2,(H,24,28)(H,25,29)(H3,21,22,26). The third kappa shape index (κ3) is 9.37. The van der Waals surface area contributed by atoms with Gasteiger partial charge in [0.15, 0.2) is 5.03 Å². The van der Waals surface area contributed by atoms with Gasteiger partial charge < -0.3 is 27.0 Å². The molecular weight excluding hydrogens is 449 g/mol. The van der Waals surface area contributed by atoms with Crippen LogP contribution in [0, 0.1) is 10.1 Å². The zero-order valence-corrected chi connectivity index (χ0v) is 18.2. The molecule has 13 heteroatoms. The summed E-state index contributed by atoms with van der Waals surface area (Å²) in [4.78, 5) is 34.7. The molecule has 1 fully saturated rings. The van der Waals surface area contributed by atoms with Crippen LogP contribution < -0.4 is 27.0 Å². The van der Waals surface area contributed by atoms with Crippen molar-refractivity contribution in [3.8, 4) is 0 Å². The van der Waals surface area contributed by atoms with Crippen LogP contribution in [0.15, 0.2) is 23.3 Å². The van der Waals surface area contributed by atoms with Crippen LogP contribution >= 0.6 is 23.2 Å². The molecule has 6 N–H and O–H groups in total. The number of nitrogens with two attached hydrogens (primary N) is 1. The molecular formula is C18H25Cl2N7O4. The van der Waals surface area contributed by atoms with Crippen LogP contribution in [-0.2, 0) is 9.59 Å². The maximum atomic E-state index is 12.4. The highest BCUT2D eigenvalue weighted by atomic mass is 35.5. The van der Waals surface area contributed by atoms with Crippen molar-refractivity contribution in [1.82, 2.24) is 16.0 Å². The number of carbonyl (C=O) groups is 2. The molecule has 2 amide bonds. The van der Waals surface area contributed by atoms with E-state index in [1.807, 2.05) is 0 Å². The number of nitrogens with zero attached hydrogens (tertiary/aromatic N) is 2. The Balaban J connectivity index is 1.62. The minimum Gasteiger partial charge on any atom is -0.365 e. The SMILES string of the molecule is N/C(=N\[N+](=O)[O-])NCCCCCC(=O)NC1CNC(C(=O)Nc2cc(Cl)cc(Cl)c2)C1. The molecule has 170 valence electrons. The van der Waals surface area contributed by atoms with Crippen molar-refractivity contribution in [3.63, 3.8) is 0 Å². The first-order valence-corrected chi connectivity index (χ1v) is 10.5. The van der Waals surface area contributed by atoms with Crippen LogP contribution in [-0.4, -0.2) is 48.0 Å². The van der Waals surface area contributed by atoms with Crippen LogP contribution in [0.2, 0.25) is 10.0 Å². The number of halogens is 2. The van der Waals surface area contributed by atoms with Gasteiger partial charge in [0.25, 0.3) is 5.96 Å². The maximum Gasteiger partial charge on any atom is 0.266 e. The number of hydrogen-bond acceptors (Lipinski definition) is 5. The number of benzene rings is 1. The lowest BCUT2D eigenvalue weighted by Crippen LogP contribution is -2.36. The molecule has 31 heavy (non-hydrogen) atoms. The summed E-state index contributed by atoms with van der Waals surface area (Å²) in [5.41, 5.74) is 5.82. The third-order valence-electron chi connectivity index (χ3n) is 4.52.